The van der Waals surface area contributed by atoms with Gasteiger partial charge in [0, 0.05) is 30.0 Å². The van der Waals surface area contributed by atoms with Crippen LogP contribution >= 0.6 is 0 Å². The van der Waals surface area contributed by atoms with Crippen molar-refractivity contribution in [3.05, 3.63) is 53.5 Å². The molecule has 2 N–H and O–H groups in total. The smallest absolute Gasteiger partial charge is 0.170 e. The molecule has 3 rings (SSSR count). The van der Waals surface area contributed by atoms with E-state index < -0.39 is 0 Å². The molecule has 104 valence electrons. The quantitative estimate of drug-likeness (QED) is 0.912. The lowest BCUT2D eigenvalue weighted by Crippen LogP contribution is -2.34. The third kappa shape index (κ3) is 2.06. The molecule has 2 aromatic rings. The van der Waals surface area contributed by atoms with E-state index >= 15 is 0 Å². The highest BCUT2D eigenvalue weighted by atomic mass is 19.1. The highest BCUT2D eigenvalue weighted by Gasteiger charge is 2.27. The number of aryl methyl sites for hydroxylation is 1. The van der Waals surface area contributed by atoms with Crippen LogP contribution in [0.4, 0.5) is 15.9 Å². The molecule has 0 spiro atoms. The Morgan fingerprint density at radius 2 is 2.15 bits per heavy atom. The van der Waals surface area contributed by atoms with Gasteiger partial charge in [0.15, 0.2) is 11.6 Å². The summed E-state index contributed by atoms with van der Waals surface area (Å²) in [6.45, 7) is 2.29. The Bertz CT molecular complexity index is 627. The molecule has 0 bridgehead atoms. The molecule has 0 saturated carbocycles. The third-order valence-electron chi connectivity index (χ3n) is 3.92. The molecule has 0 fully saturated rings. The van der Waals surface area contributed by atoms with Gasteiger partial charge in [-0.2, -0.15) is 0 Å². The van der Waals surface area contributed by atoms with Gasteiger partial charge in [-0.15, -0.1) is 0 Å². The maximum atomic E-state index is 14.5. The number of nitrogens with zero attached hydrogens (tertiary/aromatic N) is 2. The van der Waals surface area contributed by atoms with Crippen molar-refractivity contribution in [2.24, 2.45) is 5.73 Å². The standard InChI is InChI=1S/C16H18FN3/c1-11-6-7-12-4-2-3-5-14(12)20(11)16-15(17)13(10-18)8-9-19-16/h2-5,8-9,11H,6-7,10,18H2,1H3. The molecule has 0 radical (unpaired) electrons. The molecular weight excluding hydrogens is 253 g/mol. The van der Waals surface area contributed by atoms with Gasteiger partial charge in [-0.3, -0.25) is 0 Å². The first-order chi connectivity index (χ1) is 9.72. The Balaban J connectivity index is 2.14. The van der Waals surface area contributed by atoms with E-state index in [4.69, 9.17) is 5.73 Å². The summed E-state index contributed by atoms with van der Waals surface area (Å²) in [6.07, 6.45) is 3.64. The number of fused-ring (bicyclic) bond motifs is 1. The van der Waals surface area contributed by atoms with Gasteiger partial charge in [0.05, 0.1) is 0 Å². The van der Waals surface area contributed by atoms with Crippen LogP contribution < -0.4 is 10.6 Å². The van der Waals surface area contributed by atoms with E-state index in [9.17, 15) is 4.39 Å². The Kier molecular flexibility index (Phi) is 3.40. The molecule has 0 amide bonds. The normalized spacial score (nSPS) is 17.9. The Morgan fingerprint density at radius 3 is 2.95 bits per heavy atom. The summed E-state index contributed by atoms with van der Waals surface area (Å²) in [6, 6.07) is 9.99. The number of aromatic nitrogens is 1. The molecule has 1 unspecified atom stereocenters. The summed E-state index contributed by atoms with van der Waals surface area (Å²) in [5, 5.41) is 0. The predicted octanol–water partition coefficient (Wildman–Crippen LogP) is 3.15. The average Bonchev–Trinajstić information content (AvgIpc) is 2.48. The predicted molar refractivity (Wildman–Crippen MR) is 78.5 cm³/mol. The minimum absolute atomic E-state index is 0.186. The van der Waals surface area contributed by atoms with Gasteiger partial charge in [-0.1, -0.05) is 18.2 Å². The van der Waals surface area contributed by atoms with E-state index in [1.807, 2.05) is 23.1 Å². The van der Waals surface area contributed by atoms with Crippen LogP contribution in [0.15, 0.2) is 36.5 Å². The first-order valence-corrected chi connectivity index (χ1v) is 6.93. The highest BCUT2D eigenvalue weighted by Crippen LogP contribution is 2.37. The largest absolute Gasteiger partial charge is 0.326 e. The maximum absolute atomic E-state index is 14.5. The molecule has 1 aliphatic rings. The summed E-state index contributed by atoms with van der Waals surface area (Å²) in [7, 11) is 0. The molecule has 20 heavy (non-hydrogen) atoms. The van der Waals surface area contributed by atoms with E-state index in [-0.39, 0.29) is 18.4 Å². The Hall–Kier alpha value is -1.94. The zero-order valence-corrected chi connectivity index (χ0v) is 11.5. The van der Waals surface area contributed by atoms with Crippen LogP contribution in [0.1, 0.15) is 24.5 Å². The molecule has 1 aromatic carbocycles. The first-order valence-electron chi connectivity index (χ1n) is 6.93. The molecule has 3 nitrogen and oxygen atoms in total. The van der Waals surface area contributed by atoms with E-state index in [1.54, 1.807) is 12.3 Å². The second-order valence-corrected chi connectivity index (χ2v) is 5.20. The van der Waals surface area contributed by atoms with Gasteiger partial charge in [0.25, 0.3) is 0 Å². The van der Waals surface area contributed by atoms with Crippen molar-refractivity contribution in [3.8, 4) is 0 Å². The third-order valence-corrected chi connectivity index (χ3v) is 3.92. The first kappa shape index (κ1) is 13.1. The number of halogens is 1. The second-order valence-electron chi connectivity index (χ2n) is 5.20. The number of nitrogens with two attached hydrogens (primary N) is 1. The van der Waals surface area contributed by atoms with Gasteiger partial charge in [-0.25, -0.2) is 9.37 Å². The van der Waals surface area contributed by atoms with Gasteiger partial charge < -0.3 is 10.6 Å². The number of benzene rings is 1. The van der Waals surface area contributed by atoms with Crippen LogP contribution in [0.3, 0.4) is 0 Å². The molecule has 1 atom stereocenters. The number of pyridine rings is 1. The van der Waals surface area contributed by atoms with Crippen LogP contribution in [0.5, 0.6) is 0 Å². The van der Waals surface area contributed by atoms with Crippen molar-refractivity contribution in [2.45, 2.75) is 32.4 Å². The van der Waals surface area contributed by atoms with Crippen LogP contribution in [-0.2, 0) is 13.0 Å². The van der Waals surface area contributed by atoms with Gasteiger partial charge in [0.1, 0.15) is 0 Å². The summed E-state index contributed by atoms with van der Waals surface area (Å²) in [5.41, 5.74) is 8.39. The van der Waals surface area contributed by atoms with Crippen molar-refractivity contribution in [1.29, 1.82) is 0 Å². The van der Waals surface area contributed by atoms with Gasteiger partial charge in [0.2, 0.25) is 0 Å². The zero-order valence-electron chi connectivity index (χ0n) is 11.5. The van der Waals surface area contributed by atoms with Crippen molar-refractivity contribution >= 4 is 11.5 Å². The van der Waals surface area contributed by atoms with Crippen LogP contribution in [0.2, 0.25) is 0 Å². The molecule has 4 heteroatoms. The van der Waals surface area contributed by atoms with E-state index in [2.05, 4.69) is 18.0 Å². The van der Waals surface area contributed by atoms with Crippen LogP contribution in [0, 0.1) is 5.82 Å². The lowest BCUT2D eigenvalue weighted by Gasteiger charge is -2.36. The molecule has 2 heterocycles. The topological polar surface area (TPSA) is 42.2 Å². The van der Waals surface area contributed by atoms with Crippen molar-refractivity contribution in [3.63, 3.8) is 0 Å². The van der Waals surface area contributed by atoms with E-state index in [0.717, 1.165) is 18.5 Å². The minimum Gasteiger partial charge on any atom is -0.326 e. The maximum Gasteiger partial charge on any atom is 0.170 e. The minimum atomic E-state index is -0.307. The second kappa shape index (κ2) is 5.21. The van der Waals surface area contributed by atoms with Crippen molar-refractivity contribution in [2.75, 3.05) is 4.90 Å². The molecule has 0 saturated heterocycles. The number of para-hydroxylation sites is 1. The monoisotopic (exact) mass is 271 g/mol. The highest BCUT2D eigenvalue weighted by molar-refractivity contribution is 5.67. The fraction of sp³-hybridized carbons (Fsp3) is 0.312. The summed E-state index contributed by atoms with van der Waals surface area (Å²) in [5.74, 6) is 0.0751. The molecular formula is C16H18FN3. The average molecular weight is 271 g/mol. The fourth-order valence-electron chi connectivity index (χ4n) is 2.81. The molecule has 1 aliphatic heterocycles. The van der Waals surface area contributed by atoms with E-state index in [0.29, 0.717) is 11.4 Å². The lowest BCUT2D eigenvalue weighted by molar-refractivity contribution is 0.568. The zero-order chi connectivity index (χ0) is 14.1. The van der Waals surface area contributed by atoms with Crippen LogP contribution in [-0.4, -0.2) is 11.0 Å². The summed E-state index contributed by atoms with van der Waals surface area (Å²) < 4.78 is 14.5. The van der Waals surface area contributed by atoms with Gasteiger partial charge >= 0.3 is 0 Å². The number of hydrogen-bond donors (Lipinski definition) is 1. The lowest BCUT2D eigenvalue weighted by atomic mass is 9.96. The van der Waals surface area contributed by atoms with E-state index in [1.165, 1.54) is 5.56 Å². The van der Waals surface area contributed by atoms with Crippen molar-refractivity contribution in [1.82, 2.24) is 4.98 Å². The Labute approximate surface area is 118 Å². The molecule has 0 aliphatic carbocycles. The summed E-state index contributed by atoms with van der Waals surface area (Å²) in [4.78, 5) is 6.25. The SMILES string of the molecule is CC1CCc2ccccc2N1c1nccc(CN)c1F. The Morgan fingerprint density at radius 1 is 1.35 bits per heavy atom. The fourth-order valence-corrected chi connectivity index (χ4v) is 2.81. The summed E-state index contributed by atoms with van der Waals surface area (Å²) >= 11 is 0. The number of hydrogen-bond acceptors (Lipinski definition) is 3. The number of rotatable bonds is 2. The molecule has 1 aromatic heterocycles. The van der Waals surface area contributed by atoms with Crippen LogP contribution in [0.25, 0.3) is 0 Å². The van der Waals surface area contributed by atoms with Gasteiger partial charge in [-0.05, 0) is 37.5 Å². The number of anilines is 2. The van der Waals surface area contributed by atoms with Crippen molar-refractivity contribution < 1.29 is 4.39 Å².